The molecule has 0 saturated heterocycles. The first-order chi connectivity index (χ1) is 16.5. The highest BCUT2D eigenvalue weighted by Crippen LogP contribution is 2.67. The Kier molecular flexibility index (Phi) is 7.80. The van der Waals surface area contributed by atoms with Crippen molar-refractivity contribution in [1.82, 2.24) is 0 Å². The Bertz CT molecular complexity index is 830. The second kappa shape index (κ2) is 10.2. The average Bonchev–Trinajstić information content (AvgIpc) is 3.09. The van der Waals surface area contributed by atoms with Crippen LogP contribution in [0.5, 0.6) is 0 Å². The van der Waals surface area contributed by atoms with E-state index in [-0.39, 0.29) is 29.6 Å². The number of allylic oxidation sites excluding steroid dienone is 1. The number of hydrogen-bond donors (Lipinski definition) is 0. The highest BCUT2D eigenvalue weighted by Gasteiger charge is 2.60. The Morgan fingerprint density at radius 2 is 1.71 bits per heavy atom. The average molecular weight is 487 g/mol. The third kappa shape index (κ3) is 5.10. The number of rotatable bonds is 7. The maximum absolute atomic E-state index is 11.9. The maximum Gasteiger partial charge on any atom is 0.303 e. The molecule has 0 aromatic carbocycles. The van der Waals surface area contributed by atoms with Gasteiger partial charge in [0.1, 0.15) is 12.2 Å². The molecule has 198 valence electrons. The van der Waals surface area contributed by atoms with E-state index in [0.717, 1.165) is 36.5 Å². The third-order valence-corrected chi connectivity index (χ3v) is 10.8. The van der Waals surface area contributed by atoms with Crippen LogP contribution in [0, 0.1) is 46.3 Å². The molecule has 4 aliphatic carbocycles. The topological polar surface area (TPSA) is 52.6 Å². The zero-order valence-electron chi connectivity index (χ0n) is 23.4. The van der Waals surface area contributed by atoms with Gasteiger partial charge in [-0.2, -0.15) is 0 Å². The molecule has 0 radical (unpaired) electrons. The molecule has 0 aromatic heterocycles. The van der Waals surface area contributed by atoms with E-state index < -0.39 is 0 Å². The molecule has 4 rings (SSSR count). The smallest absolute Gasteiger partial charge is 0.303 e. The second-order valence-electron chi connectivity index (χ2n) is 13.5. The standard InChI is InChI=1S/C31H50O4/c1-19(2)9-8-10-20(3)25-13-14-26-24-11-12-28-29(35-22(5)33)17-23(34-21(4)32)18-31(28,7)27(24)15-16-30(25,26)6/h12,19-20,23-27,29H,8-11,13-18H2,1-7H3/t20-,23?,24+,25-,26+,27+,29?,30-,31-/m1/s1. The van der Waals surface area contributed by atoms with Crippen molar-refractivity contribution in [2.75, 3.05) is 0 Å². The number of fused-ring (bicyclic) bond motifs is 5. The fourth-order valence-corrected chi connectivity index (χ4v) is 9.47. The summed E-state index contributed by atoms with van der Waals surface area (Å²) in [5.74, 6) is 4.00. The first-order valence-electron chi connectivity index (χ1n) is 14.5. The molecule has 4 aliphatic rings. The lowest BCUT2D eigenvalue weighted by atomic mass is 9.46. The molecule has 0 amide bonds. The molecule has 0 aromatic rings. The van der Waals surface area contributed by atoms with Gasteiger partial charge in [-0.1, -0.05) is 60.0 Å². The van der Waals surface area contributed by atoms with E-state index in [1.807, 2.05) is 0 Å². The highest BCUT2D eigenvalue weighted by atomic mass is 16.6. The largest absolute Gasteiger partial charge is 0.462 e. The predicted octanol–water partition coefficient (Wildman–Crippen LogP) is 7.50. The summed E-state index contributed by atoms with van der Waals surface area (Å²) in [5, 5.41) is 0. The van der Waals surface area contributed by atoms with Gasteiger partial charge in [-0.3, -0.25) is 9.59 Å². The highest BCUT2D eigenvalue weighted by molar-refractivity contribution is 5.67. The minimum atomic E-state index is -0.262. The van der Waals surface area contributed by atoms with Crippen LogP contribution < -0.4 is 0 Å². The molecule has 2 unspecified atom stereocenters. The number of carbonyl (C=O) groups is 2. The minimum Gasteiger partial charge on any atom is -0.462 e. The molecule has 3 fully saturated rings. The Morgan fingerprint density at radius 1 is 1.00 bits per heavy atom. The molecule has 0 spiro atoms. The van der Waals surface area contributed by atoms with Crippen molar-refractivity contribution >= 4 is 11.9 Å². The van der Waals surface area contributed by atoms with Gasteiger partial charge in [-0.15, -0.1) is 0 Å². The van der Waals surface area contributed by atoms with Crippen molar-refractivity contribution in [2.24, 2.45) is 46.3 Å². The Balaban J connectivity index is 1.56. The van der Waals surface area contributed by atoms with E-state index in [9.17, 15) is 9.59 Å². The van der Waals surface area contributed by atoms with E-state index in [1.165, 1.54) is 64.4 Å². The van der Waals surface area contributed by atoms with E-state index in [0.29, 0.717) is 23.7 Å². The van der Waals surface area contributed by atoms with Crippen LogP contribution in [0.4, 0.5) is 0 Å². The van der Waals surface area contributed by atoms with Crippen LogP contribution in [0.15, 0.2) is 11.6 Å². The van der Waals surface area contributed by atoms with Crippen molar-refractivity contribution in [1.29, 1.82) is 0 Å². The van der Waals surface area contributed by atoms with Gasteiger partial charge in [0, 0.05) is 20.3 Å². The Hall–Kier alpha value is -1.32. The van der Waals surface area contributed by atoms with Crippen LogP contribution in [0.3, 0.4) is 0 Å². The number of esters is 2. The van der Waals surface area contributed by atoms with E-state index >= 15 is 0 Å². The van der Waals surface area contributed by atoms with Gasteiger partial charge < -0.3 is 9.47 Å². The van der Waals surface area contributed by atoms with E-state index in [2.05, 4.69) is 40.7 Å². The monoisotopic (exact) mass is 486 g/mol. The van der Waals surface area contributed by atoms with Crippen molar-refractivity contribution in [3.8, 4) is 0 Å². The van der Waals surface area contributed by atoms with Gasteiger partial charge in [0.2, 0.25) is 0 Å². The Morgan fingerprint density at radius 3 is 2.37 bits per heavy atom. The predicted molar refractivity (Wildman–Crippen MR) is 140 cm³/mol. The molecule has 0 N–H and O–H groups in total. The van der Waals surface area contributed by atoms with E-state index in [4.69, 9.17) is 9.47 Å². The summed E-state index contributed by atoms with van der Waals surface area (Å²) in [6.07, 6.45) is 13.9. The van der Waals surface area contributed by atoms with Crippen molar-refractivity contribution in [3.63, 3.8) is 0 Å². The molecule has 4 heteroatoms. The lowest BCUT2D eigenvalue weighted by Gasteiger charge is -2.59. The van der Waals surface area contributed by atoms with Gasteiger partial charge in [0.25, 0.3) is 0 Å². The van der Waals surface area contributed by atoms with Gasteiger partial charge in [-0.05, 0) is 90.4 Å². The van der Waals surface area contributed by atoms with E-state index in [1.54, 1.807) is 0 Å². The summed E-state index contributed by atoms with van der Waals surface area (Å²) in [7, 11) is 0. The normalized spacial score (nSPS) is 41.3. The summed E-state index contributed by atoms with van der Waals surface area (Å²) in [5.41, 5.74) is 1.68. The fraction of sp³-hybridized carbons (Fsp3) is 0.871. The summed E-state index contributed by atoms with van der Waals surface area (Å²) in [6.45, 7) is 15.2. The molecule has 3 saturated carbocycles. The van der Waals surface area contributed by atoms with Crippen LogP contribution in [-0.2, 0) is 19.1 Å². The Labute approximate surface area is 214 Å². The van der Waals surface area contributed by atoms with Crippen LogP contribution >= 0.6 is 0 Å². The van der Waals surface area contributed by atoms with Crippen molar-refractivity contribution in [2.45, 2.75) is 125 Å². The number of ether oxygens (including phenoxy) is 2. The van der Waals surface area contributed by atoms with Gasteiger partial charge >= 0.3 is 11.9 Å². The van der Waals surface area contributed by atoms with Crippen molar-refractivity contribution < 1.29 is 19.1 Å². The molecule has 0 heterocycles. The van der Waals surface area contributed by atoms with Crippen molar-refractivity contribution in [3.05, 3.63) is 11.6 Å². The number of carbonyl (C=O) groups excluding carboxylic acids is 2. The summed E-state index contributed by atoms with van der Waals surface area (Å²) in [4.78, 5) is 23.8. The first kappa shape index (κ1) is 26.7. The molecular formula is C31H50O4. The molecule has 0 aliphatic heterocycles. The summed E-state index contributed by atoms with van der Waals surface area (Å²) < 4.78 is 11.6. The SMILES string of the molecule is CC(=O)OC1CC(OC(C)=O)C2=CC[C@H]3[C@@H]4CC[C@H]([C@H](C)CCCC(C)C)[C@@]4(C)CC[C@@H]3[C@@]2(C)C1. The van der Waals surface area contributed by atoms with Gasteiger partial charge in [0.05, 0.1) is 0 Å². The first-order valence-corrected chi connectivity index (χ1v) is 14.5. The van der Waals surface area contributed by atoms with Crippen LogP contribution in [0.2, 0.25) is 0 Å². The third-order valence-electron chi connectivity index (χ3n) is 10.8. The fourth-order valence-electron chi connectivity index (χ4n) is 9.47. The van der Waals surface area contributed by atoms with Gasteiger partial charge in [-0.25, -0.2) is 0 Å². The zero-order valence-corrected chi connectivity index (χ0v) is 23.4. The minimum absolute atomic E-state index is 0.0658. The van der Waals surface area contributed by atoms with Crippen LogP contribution in [0.1, 0.15) is 113 Å². The molecular weight excluding hydrogens is 436 g/mol. The van der Waals surface area contributed by atoms with Gasteiger partial charge in [0.15, 0.2) is 0 Å². The zero-order chi connectivity index (χ0) is 25.5. The molecule has 4 nitrogen and oxygen atoms in total. The summed E-state index contributed by atoms with van der Waals surface area (Å²) >= 11 is 0. The van der Waals surface area contributed by atoms with Crippen LogP contribution in [-0.4, -0.2) is 24.1 Å². The number of hydrogen-bond acceptors (Lipinski definition) is 4. The maximum atomic E-state index is 11.9. The molecule has 35 heavy (non-hydrogen) atoms. The molecule has 9 atom stereocenters. The molecule has 0 bridgehead atoms. The quantitative estimate of drug-likeness (QED) is 0.276. The van der Waals surface area contributed by atoms with Crippen LogP contribution in [0.25, 0.3) is 0 Å². The lowest BCUT2D eigenvalue weighted by Crippen LogP contribution is -2.54. The lowest BCUT2D eigenvalue weighted by molar-refractivity contribution is -0.160. The second-order valence-corrected chi connectivity index (χ2v) is 13.5. The summed E-state index contributed by atoms with van der Waals surface area (Å²) in [6, 6.07) is 0.